The van der Waals surface area contributed by atoms with Crippen molar-refractivity contribution in [1.29, 1.82) is 0 Å². The molecule has 1 saturated heterocycles. The molecule has 2 aromatic carbocycles. The zero-order valence-electron chi connectivity index (χ0n) is 18.7. The number of nitrogens with zero attached hydrogens (tertiary/aromatic N) is 1. The topological polar surface area (TPSA) is 77.1 Å². The van der Waals surface area contributed by atoms with Gasteiger partial charge in [0.25, 0.3) is 5.91 Å². The number of rotatable bonds is 8. The molecule has 1 N–H and O–H groups in total. The van der Waals surface area contributed by atoms with Gasteiger partial charge < -0.3 is 24.4 Å². The minimum Gasteiger partial charge on any atom is -0.493 e. The van der Waals surface area contributed by atoms with Gasteiger partial charge in [0.05, 0.1) is 21.3 Å². The molecule has 0 aromatic heterocycles. The molecule has 32 heavy (non-hydrogen) atoms. The maximum atomic E-state index is 13.0. The largest absolute Gasteiger partial charge is 0.493 e. The molecule has 0 bridgehead atoms. The lowest BCUT2D eigenvalue weighted by molar-refractivity contribution is -0.122. The summed E-state index contributed by atoms with van der Waals surface area (Å²) in [5, 5.41) is 3.63. The molecule has 1 aliphatic heterocycles. The molecule has 3 rings (SSSR count). The Bertz CT molecular complexity index is 915. The number of carbonyl (C=O) groups is 2. The number of carbonyl (C=O) groups excluding carboxylic acids is 2. The van der Waals surface area contributed by atoms with E-state index in [1.165, 1.54) is 21.3 Å². The van der Waals surface area contributed by atoms with Gasteiger partial charge in [-0.25, -0.2) is 0 Å². The lowest BCUT2D eigenvalue weighted by Crippen LogP contribution is -2.39. The van der Waals surface area contributed by atoms with Crippen LogP contribution in [0.15, 0.2) is 36.4 Å². The molecule has 0 atom stereocenters. The van der Waals surface area contributed by atoms with Crippen molar-refractivity contribution in [3.8, 4) is 17.2 Å². The lowest BCUT2D eigenvalue weighted by Gasteiger charge is -2.32. The Labute approximate surface area is 193 Å². The van der Waals surface area contributed by atoms with E-state index < -0.39 is 0 Å². The predicted octanol–water partition coefficient (Wildman–Crippen LogP) is 3.92. The van der Waals surface area contributed by atoms with Crippen molar-refractivity contribution in [2.24, 2.45) is 5.92 Å². The molecule has 172 valence electrons. The average Bonchev–Trinajstić information content (AvgIpc) is 2.82. The second-order valence-electron chi connectivity index (χ2n) is 7.76. The van der Waals surface area contributed by atoms with Gasteiger partial charge in [-0.15, -0.1) is 0 Å². The fourth-order valence-electron chi connectivity index (χ4n) is 3.86. The zero-order valence-corrected chi connectivity index (χ0v) is 19.4. The first-order valence-corrected chi connectivity index (χ1v) is 10.9. The fourth-order valence-corrected chi connectivity index (χ4v) is 3.99. The second-order valence-corrected chi connectivity index (χ2v) is 8.19. The first-order chi connectivity index (χ1) is 15.4. The number of hydrogen-bond donors (Lipinski definition) is 1. The average molecular weight is 461 g/mol. The number of likely N-dealkylation sites (tertiary alicyclic amines) is 1. The SMILES string of the molecule is COc1cc(C(=O)N2CCC(CC(=O)NCc3ccc(Cl)cc3)CC2)cc(OC)c1OC. The third kappa shape index (κ3) is 5.85. The van der Waals surface area contributed by atoms with Crippen molar-refractivity contribution in [3.63, 3.8) is 0 Å². The molecular formula is C24H29ClN2O5. The third-order valence-electron chi connectivity index (χ3n) is 5.69. The Morgan fingerprint density at radius 2 is 1.59 bits per heavy atom. The Balaban J connectivity index is 1.52. The smallest absolute Gasteiger partial charge is 0.254 e. The number of halogens is 1. The quantitative estimate of drug-likeness (QED) is 0.646. The molecular weight excluding hydrogens is 432 g/mol. The number of ether oxygens (including phenoxy) is 3. The van der Waals surface area contributed by atoms with Crippen LogP contribution in [-0.4, -0.2) is 51.1 Å². The van der Waals surface area contributed by atoms with Crippen LogP contribution in [-0.2, 0) is 11.3 Å². The molecule has 0 aliphatic carbocycles. The summed E-state index contributed by atoms with van der Waals surface area (Å²) >= 11 is 5.89. The highest BCUT2D eigenvalue weighted by atomic mass is 35.5. The van der Waals surface area contributed by atoms with E-state index in [2.05, 4.69) is 5.32 Å². The van der Waals surface area contributed by atoms with Crippen molar-refractivity contribution in [3.05, 3.63) is 52.5 Å². The molecule has 2 aromatic rings. The van der Waals surface area contributed by atoms with Crippen molar-refractivity contribution >= 4 is 23.4 Å². The normalized spacial score (nSPS) is 14.1. The Morgan fingerprint density at radius 3 is 2.12 bits per heavy atom. The Hall–Kier alpha value is -2.93. The standard InChI is InChI=1S/C24H29ClN2O5/c1-30-20-13-18(14-21(31-2)23(20)32-3)24(29)27-10-8-16(9-11-27)12-22(28)26-15-17-4-6-19(25)7-5-17/h4-7,13-14,16H,8-12,15H2,1-3H3,(H,26,28). The molecule has 0 radical (unpaired) electrons. The molecule has 8 heteroatoms. The summed E-state index contributed by atoms with van der Waals surface area (Å²) in [7, 11) is 4.57. The summed E-state index contributed by atoms with van der Waals surface area (Å²) in [5.74, 6) is 1.54. The van der Waals surface area contributed by atoms with Crippen molar-refractivity contribution < 1.29 is 23.8 Å². The van der Waals surface area contributed by atoms with Gasteiger partial charge in [0.15, 0.2) is 11.5 Å². The summed E-state index contributed by atoms with van der Waals surface area (Å²) in [6.45, 7) is 1.68. The minimum absolute atomic E-state index is 0.0225. The highest BCUT2D eigenvalue weighted by Gasteiger charge is 2.26. The monoisotopic (exact) mass is 460 g/mol. The van der Waals surface area contributed by atoms with Crippen LogP contribution < -0.4 is 19.5 Å². The van der Waals surface area contributed by atoms with E-state index in [-0.39, 0.29) is 17.7 Å². The summed E-state index contributed by atoms with van der Waals surface area (Å²) in [6.07, 6.45) is 2.02. The van der Waals surface area contributed by atoms with E-state index in [0.717, 1.165) is 18.4 Å². The van der Waals surface area contributed by atoms with Crippen LogP contribution >= 0.6 is 11.6 Å². The van der Waals surface area contributed by atoms with Crippen molar-refractivity contribution in [2.45, 2.75) is 25.8 Å². The number of benzene rings is 2. The number of nitrogens with one attached hydrogen (secondary N) is 1. The van der Waals surface area contributed by atoms with Gasteiger partial charge in [0, 0.05) is 36.6 Å². The van der Waals surface area contributed by atoms with Crippen LogP contribution in [0.5, 0.6) is 17.2 Å². The van der Waals surface area contributed by atoms with Gasteiger partial charge >= 0.3 is 0 Å². The third-order valence-corrected chi connectivity index (χ3v) is 5.94. The van der Waals surface area contributed by atoms with Gasteiger partial charge in [-0.05, 0) is 48.6 Å². The van der Waals surface area contributed by atoms with Crippen LogP contribution in [0.25, 0.3) is 0 Å². The number of methoxy groups -OCH3 is 3. The number of piperidine rings is 1. The summed E-state index contributed by atoms with van der Waals surface area (Å²) in [4.78, 5) is 27.2. The highest BCUT2D eigenvalue weighted by Crippen LogP contribution is 2.38. The molecule has 2 amide bonds. The van der Waals surface area contributed by atoms with Crippen LogP contribution in [0, 0.1) is 5.92 Å². The van der Waals surface area contributed by atoms with E-state index in [9.17, 15) is 9.59 Å². The summed E-state index contributed by atoms with van der Waals surface area (Å²) in [6, 6.07) is 10.7. The van der Waals surface area contributed by atoms with Gasteiger partial charge in [0.1, 0.15) is 0 Å². The van der Waals surface area contributed by atoms with Crippen molar-refractivity contribution in [1.82, 2.24) is 10.2 Å². The molecule has 7 nitrogen and oxygen atoms in total. The van der Waals surface area contributed by atoms with Gasteiger partial charge in [-0.3, -0.25) is 9.59 Å². The zero-order chi connectivity index (χ0) is 23.1. The highest BCUT2D eigenvalue weighted by molar-refractivity contribution is 6.30. The number of hydrogen-bond acceptors (Lipinski definition) is 5. The van der Waals surface area contributed by atoms with Crippen LogP contribution in [0.4, 0.5) is 0 Å². The molecule has 1 fully saturated rings. The van der Waals surface area contributed by atoms with E-state index in [4.69, 9.17) is 25.8 Å². The lowest BCUT2D eigenvalue weighted by atomic mass is 9.92. The maximum absolute atomic E-state index is 13.0. The first kappa shape index (κ1) is 23.7. The Kier molecular flexibility index (Phi) is 8.22. The van der Waals surface area contributed by atoms with Gasteiger partial charge in [-0.2, -0.15) is 0 Å². The van der Waals surface area contributed by atoms with E-state index in [0.29, 0.717) is 53.9 Å². The van der Waals surface area contributed by atoms with Crippen LogP contribution in [0.2, 0.25) is 5.02 Å². The van der Waals surface area contributed by atoms with E-state index in [1.54, 1.807) is 12.1 Å². The molecule has 1 heterocycles. The van der Waals surface area contributed by atoms with E-state index in [1.807, 2.05) is 29.2 Å². The molecule has 0 spiro atoms. The van der Waals surface area contributed by atoms with Gasteiger partial charge in [0.2, 0.25) is 11.7 Å². The molecule has 0 unspecified atom stereocenters. The maximum Gasteiger partial charge on any atom is 0.254 e. The summed E-state index contributed by atoms with van der Waals surface area (Å²) in [5.41, 5.74) is 1.49. The number of amides is 2. The van der Waals surface area contributed by atoms with Crippen LogP contribution in [0.1, 0.15) is 35.2 Å². The molecule has 0 saturated carbocycles. The van der Waals surface area contributed by atoms with Crippen LogP contribution in [0.3, 0.4) is 0 Å². The fraction of sp³-hybridized carbons (Fsp3) is 0.417. The minimum atomic E-state index is -0.0881. The predicted molar refractivity (Wildman–Crippen MR) is 123 cm³/mol. The summed E-state index contributed by atoms with van der Waals surface area (Å²) < 4.78 is 16.0. The van der Waals surface area contributed by atoms with Crippen molar-refractivity contribution in [2.75, 3.05) is 34.4 Å². The van der Waals surface area contributed by atoms with E-state index >= 15 is 0 Å². The molecule has 1 aliphatic rings. The second kappa shape index (κ2) is 11.1. The van der Waals surface area contributed by atoms with Gasteiger partial charge in [-0.1, -0.05) is 23.7 Å². The first-order valence-electron chi connectivity index (χ1n) is 10.6. The Morgan fingerprint density at radius 1 is 1.00 bits per heavy atom.